The van der Waals surface area contributed by atoms with E-state index in [0.717, 1.165) is 31.5 Å². The molecule has 136 valence electrons. The number of phenols is 1. The molecule has 2 aliphatic rings. The van der Waals surface area contributed by atoms with Crippen LogP contribution in [0.4, 0.5) is 10.1 Å². The van der Waals surface area contributed by atoms with E-state index in [4.69, 9.17) is 0 Å². The highest BCUT2D eigenvalue weighted by molar-refractivity contribution is 7.93. The maximum atomic E-state index is 14.4. The zero-order valence-corrected chi connectivity index (χ0v) is 13.9. The molecule has 0 saturated carbocycles. The van der Waals surface area contributed by atoms with Gasteiger partial charge in [0.2, 0.25) is 0 Å². The van der Waals surface area contributed by atoms with E-state index >= 15 is 0 Å². The zero-order chi connectivity index (χ0) is 18.2. The molecule has 9 nitrogen and oxygen atoms in total. The summed E-state index contributed by atoms with van der Waals surface area (Å²) in [5, 5.41) is 15.9. The van der Waals surface area contributed by atoms with Gasteiger partial charge in [0.15, 0.2) is 17.3 Å². The zero-order valence-electron chi connectivity index (χ0n) is 13.1. The lowest BCUT2D eigenvalue weighted by Gasteiger charge is -2.24. The average molecular weight is 372 g/mol. The van der Waals surface area contributed by atoms with Crippen LogP contribution < -0.4 is 20.5 Å². The van der Waals surface area contributed by atoms with Crippen molar-refractivity contribution in [2.24, 2.45) is 0 Å². The highest BCUT2D eigenvalue weighted by atomic mass is 32.2. The Bertz CT molecular complexity index is 800. The van der Waals surface area contributed by atoms with Crippen LogP contribution in [0.15, 0.2) is 12.1 Å². The first-order valence-electron chi connectivity index (χ1n) is 7.64. The molecule has 11 heteroatoms. The van der Waals surface area contributed by atoms with Crippen molar-refractivity contribution in [2.75, 3.05) is 23.3 Å². The number of anilines is 1. The number of benzene rings is 1. The van der Waals surface area contributed by atoms with Crippen LogP contribution in [-0.2, 0) is 14.8 Å². The third kappa shape index (κ3) is 3.51. The first-order valence-corrected chi connectivity index (χ1v) is 9.25. The Balaban J connectivity index is 1.85. The number of rotatable bonds is 3. The number of piperidine rings is 1. The fourth-order valence-electron chi connectivity index (χ4n) is 2.80. The average Bonchev–Trinajstić information content (AvgIpc) is 2.80. The molecule has 4 N–H and O–H groups in total. The minimum atomic E-state index is -4.13. The third-order valence-electron chi connectivity index (χ3n) is 3.96. The minimum Gasteiger partial charge on any atom is -0.506 e. The summed E-state index contributed by atoms with van der Waals surface area (Å²) in [6.45, 7) is 1.46. The molecule has 2 amide bonds. The van der Waals surface area contributed by atoms with Gasteiger partial charge in [0.1, 0.15) is 5.75 Å². The quantitative estimate of drug-likeness (QED) is 0.550. The van der Waals surface area contributed by atoms with Crippen LogP contribution in [-0.4, -0.2) is 50.2 Å². The molecule has 1 aromatic carbocycles. The Labute approximate surface area is 143 Å². The van der Waals surface area contributed by atoms with E-state index in [1.165, 1.54) is 0 Å². The summed E-state index contributed by atoms with van der Waals surface area (Å²) < 4.78 is 38.3. The van der Waals surface area contributed by atoms with Crippen molar-refractivity contribution in [2.45, 2.75) is 18.9 Å². The topological polar surface area (TPSA) is 128 Å². The van der Waals surface area contributed by atoms with Gasteiger partial charge in [-0.1, -0.05) is 0 Å². The monoisotopic (exact) mass is 372 g/mol. The molecule has 1 aromatic rings. The third-order valence-corrected chi connectivity index (χ3v) is 5.42. The summed E-state index contributed by atoms with van der Waals surface area (Å²) in [6.07, 6.45) is 1.68. The second kappa shape index (κ2) is 6.48. The van der Waals surface area contributed by atoms with Gasteiger partial charge in [0.25, 0.3) is 21.8 Å². The van der Waals surface area contributed by atoms with E-state index in [9.17, 15) is 27.5 Å². The molecule has 0 aromatic heterocycles. The molecule has 2 saturated heterocycles. The predicted octanol–water partition coefficient (Wildman–Crippen LogP) is -0.806. The molecule has 0 bridgehead atoms. The Hall–Kier alpha value is -2.40. The summed E-state index contributed by atoms with van der Waals surface area (Å²) >= 11 is 0. The lowest BCUT2D eigenvalue weighted by molar-refractivity contribution is -0.117. The number of halogens is 1. The van der Waals surface area contributed by atoms with Gasteiger partial charge in [-0.2, -0.15) is 4.41 Å². The van der Waals surface area contributed by atoms with Gasteiger partial charge in [0, 0.05) is 18.2 Å². The van der Waals surface area contributed by atoms with Crippen LogP contribution in [0.1, 0.15) is 23.2 Å². The van der Waals surface area contributed by atoms with Crippen molar-refractivity contribution >= 4 is 27.5 Å². The van der Waals surface area contributed by atoms with Crippen molar-refractivity contribution in [3.8, 4) is 5.75 Å². The predicted molar refractivity (Wildman–Crippen MR) is 85.8 cm³/mol. The second-order valence-corrected chi connectivity index (χ2v) is 7.72. The van der Waals surface area contributed by atoms with Crippen molar-refractivity contribution in [3.05, 3.63) is 23.5 Å². The van der Waals surface area contributed by atoms with Gasteiger partial charge in [-0.25, -0.2) is 12.8 Å². The molecule has 3 rings (SSSR count). The molecule has 0 aliphatic carbocycles. The van der Waals surface area contributed by atoms with Gasteiger partial charge < -0.3 is 15.7 Å². The Kier molecular flexibility index (Phi) is 4.52. The normalized spacial score (nSPS) is 22.5. The lowest BCUT2D eigenvalue weighted by atomic mass is 10.1. The number of hydrogen-bond acceptors (Lipinski definition) is 6. The molecular formula is C14H17FN4O5S. The van der Waals surface area contributed by atoms with Gasteiger partial charge in [-0.05, 0) is 31.5 Å². The highest BCUT2D eigenvalue weighted by Crippen LogP contribution is 2.34. The second-order valence-electron chi connectivity index (χ2n) is 5.90. The number of sulfonamides is 1. The van der Waals surface area contributed by atoms with E-state index in [2.05, 4.69) is 10.6 Å². The smallest absolute Gasteiger partial charge is 0.262 e. The van der Waals surface area contributed by atoms with Crippen LogP contribution in [0, 0.1) is 5.82 Å². The SMILES string of the molecule is O=C1CS(=O)(=O)N(c2c(O)cc(C(=O)N[C@@H]3CCCNC3)cc2F)N1. The number of nitrogens with one attached hydrogen (secondary N) is 3. The Morgan fingerprint density at radius 1 is 1.40 bits per heavy atom. The lowest BCUT2D eigenvalue weighted by Crippen LogP contribution is -2.45. The first-order chi connectivity index (χ1) is 11.8. The molecule has 25 heavy (non-hydrogen) atoms. The molecule has 1 atom stereocenters. The number of amides is 2. The number of phenolic OH excluding ortho intramolecular Hbond substituents is 1. The van der Waals surface area contributed by atoms with E-state index in [-0.39, 0.29) is 16.0 Å². The summed E-state index contributed by atoms with van der Waals surface area (Å²) in [6, 6.07) is 1.68. The fourth-order valence-corrected chi connectivity index (χ4v) is 4.03. The molecule has 2 heterocycles. The molecular weight excluding hydrogens is 355 g/mol. The Morgan fingerprint density at radius 2 is 2.16 bits per heavy atom. The summed E-state index contributed by atoms with van der Waals surface area (Å²) in [5.41, 5.74) is 1.09. The Morgan fingerprint density at radius 3 is 2.72 bits per heavy atom. The largest absolute Gasteiger partial charge is 0.506 e. The molecule has 2 fully saturated rings. The number of hydrazine groups is 1. The van der Waals surface area contributed by atoms with E-state index in [0.29, 0.717) is 6.54 Å². The van der Waals surface area contributed by atoms with Gasteiger partial charge in [0.05, 0.1) is 0 Å². The van der Waals surface area contributed by atoms with Crippen molar-refractivity contribution in [1.82, 2.24) is 16.1 Å². The number of aromatic hydroxyl groups is 1. The standard InChI is InChI=1S/C14H17FN4O5S/c15-10-4-8(14(22)17-9-2-1-3-16-6-9)5-11(20)13(10)19-18-12(21)7-25(19,23)24/h4-5,9,16,20H,1-3,6-7H2,(H,17,22)(H,18,21)/t9-/m1/s1. The molecule has 0 spiro atoms. The van der Waals surface area contributed by atoms with E-state index in [1.807, 2.05) is 5.43 Å². The minimum absolute atomic E-state index is 0.107. The van der Waals surface area contributed by atoms with Crippen LogP contribution in [0.2, 0.25) is 0 Å². The van der Waals surface area contributed by atoms with Crippen molar-refractivity contribution in [3.63, 3.8) is 0 Å². The number of hydrogen-bond donors (Lipinski definition) is 4. The maximum Gasteiger partial charge on any atom is 0.262 e. The van der Waals surface area contributed by atoms with Crippen LogP contribution >= 0.6 is 0 Å². The van der Waals surface area contributed by atoms with Gasteiger partial charge in [-0.15, -0.1) is 0 Å². The fraction of sp³-hybridized carbons (Fsp3) is 0.429. The van der Waals surface area contributed by atoms with Crippen LogP contribution in [0.3, 0.4) is 0 Å². The van der Waals surface area contributed by atoms with Gasteiger partial charge >= 0.3 is 0 Å². The van der Waals surface area contributed by atoms with E-state index in [1.54, 1.807) is 0 Å². The first kappa shape index (κ1) is 17.4. The molecule has 0 radical (unpaired) electrons. The van der Waals surface area contributed by atoms with Crippen LogP contribution in [0.25, 0.3) is 0 Å². The highest BCUT2D eigenvalue weighted by Gasteiger charge is 2.38. The maximum absolute atomic E-state index is 14.4. The van der Waals surface area contributed by atoms with E-state index < -0.39 is 44.8 Å². The number of nitrogens with zero attached hydrogens (tertiary/aromatic N) is 1. The molecule has 0 unspecified atom stereocenters. The van der Waals surface area contributed by atoms with Crippen LogP contribution in [0.5, 0.6) is 5.75 Å². The number of carbonyl (C=O) groups is 2. The van der Waals surface area contributed by atoms with Crippen molar-refractivity contribution in [1.29, 1.82) is 0 Å². The summed E-state index contributed by atoms with van der Waals surface area (Å²) in [7, 11) is -4.13. The summed E-state index contributed by atoms with van der Waals surface area (Å²) in [4.78, 5) is 23.5. The number of carbonyl (C=O) groups excluding carboxylic acids is 2. The summed E-state index contributed by atoms with van der Waals surface area (Å²) in [5.74, 6) is -4.17. The van der Waals surface area contributed by atoms with Crippen molar-refractivity contribution < 1.29 is 27.5 Å². The molecule has 2 aliphatic heterocycles. The van der Waals surface area contributed by atoms with Gasteiger partial charge in [-0.3, -0.25) is 15.0 Å².